The Labute approximate surface area is 173 Å². The zero-order valence-electron chi connectivity index (χ0n) is 17.0. The Bertz CT molecular complexity index is 808. The van der Waals surface area contributed by atoms with Crippen molar-refractivity contribution in [1.29, 1.82) is 0 Å². The van der Waals surface area contributed by atoms with Crippen molar-refractivity contribution in [3.63, 3.8) is 0 Å². The summed E-state index contributed by atoms with van der Waals surface area (Å²) in [5, 5.41) is 0. The fourth-order valence-corrected chi connectivity index (χ4v) is 4.81. The van der Waals surface area contributed by atoms with Crippen LogP contribution in [0.1, 0.15) is 24.0 Å². The Balaban J connectivity index is 1.11. The van der Waals surface area contributed by atoms with E-state index in [2.05, 4.69) is 37.9 Å². The van der Waals surface area contributed by atoms with Crippen LogP contribution in [0.5, 0.6) is 11.5 Å². The number of hydrogen-bond acceptors (Lipinski definition) is 6. The summed E-state index contributed by atoms with van der Waals surface area (Å²) < 4.78 is 10.9. The van der Waals surface area contributed by atoms with E-state index >= 15 is 0 Å². The van der Waals surface area contributed by atoms with Gasteiger partial charge >= 0.3 is 0 Å². The van der Waals surface area contributed by atoms with Gasteiger partial charge in [-0.2, -0.15) is 0 Å². The van der Waals surface area contributed by atoms with Crippen LogP contribution >= 0.6 is 0 Å². The first-order valence-corrected chi connectivity index (χ1v) is 10.8. The molecule has 154 valence electrons. The Morgan fingerprint density at radius 1 is 0.897 bits per heavy atom. The molecule has 6 heteroatoms. The minimum absolute atomic E-state index is 0.344. The molecule has 0 bridgehead atoms. The second-order valence-corrected chi connectivity index (χ2v) is 8.39. The van der Waals surface area contributed by atoms with E-state index in [0.29, 0.717) is 12.8 Å². The molecule has 1 aromatic heterocycles. The summed E-state index contributed by atoms with van der Waals surface area (Å²) in [7, 11) is 0. The van der Waals surface area contributed by atoms with Crippen LogP contribution < -0.4 is 9.47 Å². The highest BCUT2D eigenvalue weighted by atomic mass is 16.7. The normalized spacial score (nSPS) is 23.4. The van der Waals surface area contributed by atoms with Crippen molar-refractivity contribution in [1.82, 2.24) is 19.7 Å². The van der Waals surface area contributed by atoms with Gasteiger partial charge in [-0.1, -0.05) is 12.1 Å². The fourth-order valence-electron chi connectivity index (χ4n) is 4.81. The molecule has 2 saturated heterocycles. The van der Waals surface area contributed by atoms with Crippen molar-refractivity contribution in [2.75, 3.05) is 46.1 Å². The average molecular weight is 395 g/mol. The lowest BCUT2D eigenvalue weighted by atomic mass is 10.0. The van der Waals surface area contributed by atoms with E-state index in [4.69, 9.17) is 9.47 Å². The number of piperazine rings is 1. The number of nitrogens with zero attached hydrogens (tertiary/aromatic N) is 4. The number of likely N-dealkylation sites (tertiary alicyclic amines) is 1. The molecule has 3 aliphatic heterocycles. The van der Waals surface area contributed by atoms with Gasteiger partial charge in [0.25, 0.3) is 0 Å². The van der Waals surface area contributed by atoms with E-state index in [9.17, 15) is 0 Å². The molecule has 2 aromatic rings. The molecule has 0 unspecified atom stereocenters. The first-order chi connectivity index (χ1) is 14.3. The van der Waals surface area contributed by atoms with Gasteiger partial charge in [0.1, 0.15) is 0 Å². The zero-order chi connectivity index (χ0) is 19.5. The number of hydrogen-bond donors (Lipinski definition) is 0. The van der Waals surface area contributed by atoms with Crippen LogP contribution in [0.3, 0.4) is 0 Å². The third-order valence-electron chi connectivity index (χ3n) is 6.38. The fraction of sp³-hybridized carbons (Fsp3) is 0.522. The molecule has 1 atom stereocenters. The molecule has 1 aromatic carbocycles. The van der Waals surface area contributed by atoms with Gasteiger partial charge < -0.3 is 9.47 Å². The average Bonchev–Trinajstić information content (AvgIpc) is 3.23. The number of pyridine rings is 1. The van der Waals surface area contributed by atoms with Crippen LogP contribution in [-0.2, 0) is 13.1 Å². The van der Waals surface area contributed by atoms with Gasteiger partial charge in [-0.05, 0) is 48.7 Å². The van der Waals surface area contributed by atoms with Gasteiger partial charge in [0, 0.05) is 64.2 Å². The predicted octanol–water partition coefficient (Wildman–Crippen LogP) is 2.59. The third kappa shape index (κ3) is 4.55. The largest absolute Gasteiger partial charge is 0.454 e. The molecule has 3 aliphatic rings. The lowest BCUT2D eigenvalue weighted by Gasteiger charge is -2.43. The van der Waals surface area contributed by atoms with Crippen molar-refractivity contribution in [3.8, 4) is 11.5 Å². The van der Waals surface area contributed by atoms with E-state index in [1.807, 2.05) is 24.5 Å². The molecule has 29 heavy (non-hydrogen) atoms. The molecule has 0 aliphatic carbocycles. The first-order valence-electron chi connectivity index (χ1n) is 10.8. The molecular weight excluding hydrogens is 364 g/mol. The molecule has 2 fully saturated rings. The Morgan fingerprint density at radius 2 is 1.76 bits per heavy atom. The third-order valence-corrected chi connectivity index (χ3v) is 6.38. The Kier molecular flexibility index (Phi) is 5.65. The first kappa shape index (κ1) is 18.9. The molecule has 5 rings (SSSR count). The molecule has 0 amide bonds. The van der Waals surface area contributed by atoms with E-state index < -0.39 is 0 Å². The highest BCUT2D eigenvalue weighted by Crippen LogP contribution is 2.33. The standard InChI is InChI=1S/C23H30N4O2/c1-3-20(14-24-7-1)16-26-8-2-4-21(17-26)27-11-9-25(10-12-27)15-19-5-6-22-23(13-19)29-18-28-22/h1,3,5-7,13-14,21H,2,4,8-12,15-18H2/t21-/m1/s1. The van der Waals surface area contributed by atoms with Gasteiger partial charge in [0.15, 0.2) is 11.5 Å². The van der Waals surface area contributed by atoms with Crippen LogP contribution in [0.25, 0.3) is 0 Å². The number of rotatable bonds is 5. The highest BCUT2D eigenvalue weighted by molar-refractivity contribution is 5.44. The molecule has 4 heterocycles. The Morgan fingerprint density at radius 3 is 2.62 bits per heavy atom. The van der Waals surface area contributed by atoms with Crippen molar-refractivity contribution < 1.29 is 9.47 Å². The molecular formula is C23H30N4O2. The number of ether oxygens (including phenoxy) is 2. The minimum Gasteiger partial charge on any atom is -0.454 e. The molecule has 6 nitrogen and oxygen atoms in total. The van der Waals surface area contributed by atoms with Gasteiger partial charge in [0.2, 0.25) is 6.79 Å². The minimum atomic E-state index is 0.344. The predicted molar refractivity (Wildman–Crippen MR) is 112 cm³/mol. The van der Waals surface area contributed by atoms with Crippen molar-refractivity contribution in [3.05, 3.63) is 53.9 Å². The highest BCUT2D eigenvalue weighted by Gasteiger charge is 2.28. The van der Waals surface area contributed by atoms with Crippen LogP contribution in [0, 0.1) is 0 Å². The number of benzene rings is 1. The monoisotopic (exact) mass is 394 g/mol. The smallest absolute Gasteiger partial charge is 0.231 e. The zero-order valence-corrected chi connectivity index (χ0v) is 17.0. The number of aromatic nitrogens is 1. The number of piperidine rings is 1. The molecule has 0 radical (unpaired) electrons. The van der Waals surface area contributed by atoms with Crippen molar-refractivity contribution in [2.24, 2.45) is 0 Å². The lowest BCUT2D eigenvalue weighted by Crippen LogP contribution is -2.54. The molecule has 0 N–H and O–H groups in total. The van der Waals surface area contributed by atoms with Gasteiger partial charge in [-0.3, -0.25) is 19.7 Å². The van der Waals surface area contributed by atoms with Crippen molar-refractivity contribution in [2.45, 2.75) is 32.0 Å². The molecule has 0 saturated carbocycles. The summed E-state index contributed by atoms with van der Waals surface area (Å²) in [5.74, 6) is 1.75. The van der Waals surface area contributed by atoms with Crippen LogP contribution in [-0.4, -0.2) is 71.8 Å². The van der Waals surface area contributed by atoms with E-state index in [-0.39, 0.29) is 0 Å². The quantitative estimate of drug-likeness (QED) is 0.777. The van der Waals surface area contributed by atoms with Crippen LogP contribution in [0.15, 0.2) is 42.7 Å². The van der Waals surface area contributed by atoms with Crippen LogP contribution in [0.4, 0.5) is 0 Å². The van der Waals surface area contributed by atoms with Gasteiger partial charge in [0.05, 0.1) is 0 Å². The summed E-state index contributed by atoms with van der Waals surface area (Å²) in [6.45, 7) is 9.33. The lowest BCUT2D eigenvalue weighted by molar-refractivity contribution is 0.0477. The second kappa shape index (κ2) is 8.69. The molecule has 0 spiro atoms. The maximum atomic E-state index is 5.52. The summed E-state index contributed by atoms with van der Waals surface area (Å²) in [6.07, 6.45) is 6.47. The maximum Gasteiger partial charge on any atom is 0.231 e. The Hall–Kier alpha value is -2.15. The topological polar surface area (TPSA) is 41.1 Å². The summed E-state index contributed by atoms with van der Waals surface area (Å²) in [6, 6.07) is 11.2. The second-order valence-electron chi connectivity index (χ2n) is 8.39. The van der Waals surface area contributed by atoms with E-state index in [0.717, 1.165) is 50.8 Å². The SMILES string of the molecule is c1cncc(CN2CCC[C@@H](N3CCN(Cc4ccc5c(c4)OCO5)CC3)C2)c1. The number of fused-ring (bicyclic) bond motifs is 1. The maximum absolute atomic E-state index is 5.52. The van der Waals surface area contributed by atoms with Gasteiger partial charge in [-0.25, -0.2) is 0 Å². The van der Waals surface area contributed by atoms with Crippen molar-refractivity contribution >= 4 is 0 Å². The summed E-state index contributed by atoms with van der Waals surface area (Å²) in [5.41, 5.74) is 2.63. The van der Waals surface area contributed by atoms with Gasteiger partial charge in [-0.15, -0.1) is 0 Å². The van der Waals surface area contributed by atoms with E-state index in [1.54, 1.807) is 0 Å². The van der Waals surface area contributed by atoms with E-state index in [1.165, 1.54) is 37.1 Å². The summed E-state index contributed by atoms with van der Waals surface area (Å²) in [4.78, 5) is 12.1. The van der Waals surface area contributed by atoms with Crippen LogP contribution in [0.2, 0.25) is 0 Å². The summed E-state index contributed by atoms with van der Waals surface area (Å²) >= 11 is 0.